The average molecular weight is 1010 g/mol. The van der Waals surface area contributed by atoms with Crippen LogP contribution in [0.4, 0.5) is 8.78 Å². The summed E-state index contributed by atoms with van der Waals surface area (Å²) in [6, 6.07) is 5.97. The van der Waals surface area contributed by atoms with E-state index >= 15 is 4.39 Å². The number of benzene rings is 2. The standard InChI is InChI=1S/C50H69F2N9O11/c1-8-9-11-16-37(57-31(4)63)48(71)56-29(2)45(68)55-30(3)46(69)59-39(25-41(53)64)49(72)58-38(47(70)54-21-19-43(66)67)20-22-61(42(65)28-62)44(50(5,6)7)40-23-33(35-24-34(51)17-18-36(35)52)27-60(40)26-32-14-12-10-13-15-32/h10,12-15,17-18,23-24,27,29-30,37-39,44,62H,8-9,11,16,19-22,25-26,28H2,1-7H3,(H2,53,64)(H,54,70)(H,55,68)(H,56,71)(H,57,63)(H,58,72)(H,59,69)(H,66,67)/t29-,30-,37-,38-,39-,44-/m0/s1. The van der Waals surface area contributed by atoms with Crippen molar-refractivity contribution in [1.29, 1.82) is 0 Å². The Bertz CT molecular complexity index is 2390. The SMILES string of the molecule is CCCCC[C@H](NC(C)=O)C(=O)N[C@@H](C)C(=O)N[C@@H](C)C(=O)N[C@@H](CC(N)=O)C(=O)N[C@@H](CCN(C(=O)CO)[C@@H](c1cc(-c2cc(F)ccc2F)cn1Cc1ccccc1)C(C)(C)C)C(=O)NCCC(=O)O. The third-order valence-electron chi connectivity index (χ3n) is 11.5. The predicted molar refractivity (Wildman–Crippen MR) is 261 cm³/mol. The summed E-state index contributed by atoms with van der Waals surface area (Å²) in [5, 5.41) is 34.4. The van der Waals surface area contributed by atoms with E-state index in [0.29, 0.717) is 18.5 Å². The smallest absolute Gasteiger partial charge is 0.305 e. The van der Waals surface area contributed by atoms with Gasteiger partial charge in [0.05, 0.1) is 18.9 Å². The second kappa shape index (κ2) is 28.0. The molecule has 0 aliphatic carbocycles. The molecule has 0 aliphatic rings. The normalized spacial score (nSPS) is 13.8. The fourth-order valence-corrected chi connectivity index (χ4v) is 7.93. The van der Waals surface area contributed by atoms with Gasteiger partial charge in [-0.15, -0.1) is 0 Å². The molecule has 0 radical (unpaired) electrons. The quantitative estimate of drug-likeness (QED) is 0.0476. The number of carboxylic acid groups (broad SMARTS) is 1. The van der Waals surface area contributed by atoms with Crippen molar-refractivity contribution in [2.75, 3.05) is 19.7 Å². The van der Waals surface area contributed by atoms with E-state index in [0.717, 1.165) is 36.6 Å². The highest BCUT2D eigenvalue weighted by Gasteiger charge is 2.39. The largest absolute Gasteiger partial charge is 0.481 e. The highest BCUT2D eigenvalue weighted by atomic mass is 19.1. The van der Waals surface area contributed by atoms with Crippen LogP contribution in [-0.4, -0.2) is 123 Å². The number of unbranched alkanes of at least 4 members (excludes halogenated alkanes) is 2. The van der Waals surface area contributed by atoms with Crippen LogP contribution in [0.2, 0.25) is 0 Å². The van der Waals surface area contributed by atoms with Crippen LogP contribution in [0.3, 0.4) is 0 Å². The summed E-state index contributed by atoms with van der Waals surface area (Å²) >= 11 is 0. The first-order chi connectivity index (χ1) is 33.9. The first-order valence-electron chi connectivity index (χ1n) is 23.7. The van der Waals surface area contributed by atoms with Crippen LogP contribution >= 0.6 is 0 Å². The zero-order chi connectivity index (χ0) is 53.9. The summed E-state index contributed by atoms with van der Waals surface area (Å²) in [6.07, 6.45) is 2.53. The van der Waals surface area contributed by atoms with E-state index in [1.807, 2.05) is 37.3 Å². The monoisotopic (exact) mass is 1010 g/mol. The zero-order valence-corrected chi connectivity index (χ0v) is 41.8. The summed E-state index contributed by atoms with van der Waals surface area (Å²) in [7, 11) is 0. The molecule has 0 saturated carbocycles. The number of primary amides is 1. The average Bonchev–Trinajstić information content (AvgIpc) is 3.70. The maximum atomic E-state index is 15.3. The highest BCUT2D eigenvalue weighted by molar-refractivity contribution is 5.97. The van der Waals surface area contributed by atoms with E-state index in [4.69, 9.17) is 5.73 Å². The molecule has 0 saturated heterocycles. The summed E-state index contributed by atoms with van der Waals surface area (Å²) in [4.78, 5) is 118. The maximum absolute atomic E-state index is 15.3. The van der Waals surface area contributed by atoms with Crippen LogP contribution in [0.15, 0.2) is 60.8 Å². The number of nitrogens with zero attached hydrogens (tertiary/aromatic N) is 2. The molecule has 20 nitrogen and oxygen atoms in total. The molecule has 3 aromatic rings. The Morgan fingerprint density at radius 1 is 0.764 bits per heavy atom. The maximum Gasteiger partial charge on any atom is 0.305 e. The number of rotatable bonds is 28. The predicted octanol–water partition coefficient (Wildman–Crippen LogP) is 2.31. The highest BCUT2D eigenvalue weighted by Crippen LogP contribution is 2.41. The summed E-state index contributed by atoms with van der Waals surface area (Å²) in [6.45, 7) is 9.67. The Hall–Kier alpha value is -7.23. The van der Waals surface area contributed by atoms with Crippen LogP contribution < -0.4 is 37.6 Å². The van der Waals surface area contributed by atoms with Gasteiger partial charge in [-0.3, -0.25) is 43.2 Å². The molecule has 0 fully saturated rings. The molecule has 1 heterocycles. The lowest BCUT2D eigenvalue weighted by atomic mass is 9.82. The third-order valence-corrected chi connectivity index (χ3v) is 11.5. The number of hydrogen-bond donors (Lipinski definition) is 9. The van der Waals surface area contributed by atoms with Gasteiger partial charge < -0.3 is 57.3 Å². The molecule has 10 N–H and O–H groups in total. The topological polar surface area (TPSA) is 300 Å². The van der Waals surface area contributed by atoms with Gasteiger partial charge in [0, 0.05) is 49.6 Å². The Labute approximate surface area is 417 Å². The minimum absolute atomic E-state index is 0.0598. The number of carbonyl (C=O) groups is 9. The Kier molecular flexibility index (Phi) is 23.0. The molecule has 394 valence electrons. The van der Waals surface area contributed by atoms with E-state index in [-0.39, 0.29) is 30.8 Å². The summed E-state index contributed by atoms with van der Waals surface area (Å²) in [5.41, 5.74) is 6.04. The number of halogens is 2. The fourth-order valence-electron chi connectivity index (χ4n) is 7.93. The summed E-state index contributed by atoms with van der Waals surface area (Å²) in [5.74, 6) is -9.42. The van der Waals surface area contributed by atoms with Crippen LogP contribution in [0.25, 0.3) is 11.1 Å². The van der Waals surface area contributed by atoms with Crippen LogP contribution in [0.5, 0.6) is 0 Å². The van der Waals surface area contributed by atoms with E-state index in [1.165, 1.54) is 25.7 Å². The molecular formula is C50H69F2N9O11. The minimum atomic E-state index is -1.75. The zero-order valence-electron chi connectivity index (χ0n) is 41.8. The van der Waals surface area contributed by atoms with Crippen LogP contribution in [0.1, 0.15) is 111 Å². The molecule has 0 aliphatic heterocycles. The minimum Gasteiger partial charge on any atom is -0.481 e. The van der Waals surface area contributed by atoms with E-state index in [9.17, 15) is 57.8 Å². The Morgan fingerprint density at radius 3 is 1.94 bits per heavy atom. The molecule has 8 amide bonds. The van der Waals surface area contributed by atoms with Gasteiger partial charge in [0.1, 0.15) is 48.5 Å². The van der Waals surface area contributed by atoms with Crippen molar-refractivity contribution in [3.8, 4) is 11.1 Å². The molecule has 72 heavy (non-hydrogen) atoms. The number of carbonyl (C=O) groups excluding carboxylic acids is 8. The van der Waals surface area contributed by atoms with Gasteiger partial charge in [0.2, 0.25) is 47.3 Å². The van der Waals surface area contributed by atoms with Gasteiger partial charge in [0.25, 0.3) is 0 Å². The van der Waals surface area contributed by atoms with Crippen molar-refractivity contribution in [2.24, 2.45) is 11.1 Å². The number of hydrogen-bond acceptors (Lipinski definition) is 10. The number of amides is 8. The number of nitrogens with two attached hydrogens (primary N) is 1. The van der Waals surface area contributed by atoms with Crippen LogP contribution in [-0.2, 0) is 49.7 Å². The van der Waals surface area contributed by atoms with E-state index in [1.54, 1.807) is 37.6 Å². The van der Waals surface area contributed by atoms with Gasteiger partial charge in [-0.1, -0.05) is 77.3 Å². The lowest BCUT2D eigenvalue weighted by molar-refractivity contribution is -0.141. The second-order valence-electron chi connectivity index (χ2n) is 18.6. The Balaban J connectivity index is 1.96. The van der Waals surface area contributed by atoms with Gasteiger partial charge in [-0.2, -0.15) is 0 Å². The lowest BCUT2D eigenvalue weighted by Crippen LogP contribution is -2.59. The number of carboxylic acids is 1. The van der Waals surface area contributed by atoms with E-state index in [2.05, 4.69) is 31.9 Å². The molecule has 0 unspecified atom stereocenters. The van der Waals surface area contributed by atoms with Crippen molar-refractivity contribution in [1.82, 2.24) is 41.4 Å². The van der Waals surface area contributed by atoms with Crippen molar-refractivity contribution in [2.45, 2.75) is 136 Å². The van der Waals surface area contributed by atoms with Gasteiger partial charge in [-0.25, -0.2) is 8.78 Å². The fraction of sp³-hybridized carbons (Fsp3) is 0.500. The first kappa shape index (κ1) is 59.1. The first-order valence-corrected chi connectivity index (χ1v) is 23.7. The van der Waals surface area contributed by atoms with Gasteiger partial charge >= 0.3 is 5.97 Å². The van der Waals surface area contributed by atoms with Crippen LogP contribution in [0, 0.1) is 17.0 Å². The third kappa shape index (κ3) is 18.5. The number of nitrogens with one attached hydrogen (secondary N) is 6. The number of aliphatic hydroxyl groups excluding tert-OH is 1. The number of aliphatic hydroxyl groups is 1. The summed E-state index contributed by atoms with van der Waals surface area (Å²) < 4.78 is 31.6. The van der Waals surface area contributed by atoms with Gasteiger partial charge in [0.15, 0.2) is 0 Å². The molecule has 0 bridgehead atoms. The molecular weight excluding hydrogens is 941 g/mol. The van der Waals surface area contributed by atoms with Crippen molar-refractivity contribution in [3.63, 3.8) is 0 Å². The van der Waals surface area contributed by atoms with Crippen molar-refractivity contribution >= 4 is 53.2 Å². The second-order valence-corrected chi connectivity index (χ2v) is 18.6. The Morgan fingerprint density at radius 2 is 1.36 bits per heavy atom. The molecule has 6 atom stereocenters. The molecule has 0 spiro atoms. The van der Waals surface area contributed by atoms with E-state index < -0.39 is 132 Å². The van der Waals surface area contributed by atoms with Gasteiger partial charge in [-0.05, 0) is 61.9 Å². The number of aliphatic carboxylic acids is 1. The lowest BCUT2D eigenvalue weighted by Gasteiger charge is -2.41. The van der Waals surface area contributed by atoms with Crippen molar-refractivity contribution in [3.05, 3.63) is 83.7 Å². The molecule has 22 heteroatoms. The van der Waals surface area contributed by atoms with Crippen molar-refractivity contribution < 1.29 is 62.1 Å². The molecule has 1 aromatic heterocycles. The molecule has 3 rings (SSSR count). The molecule has 2 aromatic carbocycles. The number of aromatic nitrogens is 1.